The number of rotatable bonds is 6. The summed E-state index contributed by atoms with van der Waals surface area (Å²) in [6.45, 7) is 6.56. The van der Waals surface area contributed by atoms with Crippen LogP contribution in [-0.4, -0.2) is 6.10 Å². The summed E-state index contributed by atoms with van der Waals surface area (Å²) in [4.78, 5) is 0. The Morgan fingerprint density at radius 3 is 2.38 bits per heavy atom. The van der Waals surface area contributed by atoms with Gasteiger partial charge in [0.25, 0.3) is 0 Å². The van der Waals surface area contributed by atoms with E-state index < -0.39 is 0 Å². The molecular weight excluding hydrogens is 265 g/mol. The predicted octanol–water partition coefficient (Wildman–Crippen LogP) is 4.46. The average molecular weight is 287 g/mol. The van der Waals surface area contributed by atoms with Gasteiger partial charge in [-0.15, -0.1) is 0 Å². The number of hydrogen-bond acceptors (Lipinski definition) is 2. The fraction of sp³-hybridized carbons (Fsp3) is 0.333. The van der Waals surface area contributed by atoms with Crippen molar-refractivity contribution in [3.63, 3.8) is 0 Å². The molecule has 2 aromatic rings. The highest BCUT2D eigenvalue weighted by Gasteiger charge is 2.10. The summed E-state index contributed by atoms with van der Waals surface area (Å²) in [5.74, 6) is -0.00132. The molecule has 0 aliphatic carbocycles. The van der Waals surface area contributed by atoms with Gasteiger partial charge >= 0.3 is 0 Å². The van der Waals surface area contributed by atoms with Crippen LogP contribution in [0, 0.1) is 5.82 Å². The summed E-state index contributed by atoms with van der Waals surface area (Å²) in [5, 5.41) is 3.40. The molecule has 21 heavy (non-hydrogen) atoms. The smallest absolute Gasteiger partial charge is 0.165 e. The van der Waals surface area contributed by atoms with Crippen molar-refractivity contribution >= 4 is 0 Å². The van der Waals surface area contributed by atoms with E-state index in [-0.39, 0.29) is 18.0 Å². The summed E-state index contributed by atoms with van der Waals surface area (Å²) < 4.78 is 19.4. The van der Waals surface area contributed by atoms with Gasteiger partial charge in [-0.1, -0.05) is 36.4 Å². The van der Waals surface area contributed by atoms with Gasteiger partial charge in [0, 0.05) is 12.6 Å². The highest BCUT2D eigenvalue weighted by Crippen LogP contribution is 2.23. The van der Waals surface area contributed by atoms with Crippen LogP contribution in [0.15, 0.2) is 48.5 Å². The number of ether oxygens (including phenoxy) is 1. The Balaban J connectivity index is 1.99. The highest BCUT2D eigenvalue weighted by atomic mass is 19.1. The molecule has 112 valence electrons. The van der Waals surface area contributed by atoms with E-state index in [4.69, 9.17) is 4.74 Å². The Labute approximate surface area is 126 Å². The van der Waals surface area contributed by atoms with Crippen LogP contribution in [0.3, 0.4) is 0 Å². The SMILES string of the molecule is CC(C)Oc1ccc([C@@H](C)NCc2ccccc2)cc1F. The van der Waals surface area contributed by atoms with E-state index in [1.807, 2.05) is 45.0 Å². The molecule has 0 amide bonds. The van der Waals surface area contributed by atoms with Crippen molar-refractivity contribution in [1.82, 2.24) is 5.32 Å². The van der Waals surface area contributed by atoms with Crippen molar-refractivity contribution in [2.45, 2.75) is 39.5 Å². The van der Waals surface area contributed by atoms with Gasteiger partial charge in [-0.3, -0.25) is 0 Å². The van der Waals surface area contributed by atoms with E-state index in [2.05, 4.69) is 17.4 Å². The van der Waals surface area contributed by atoms with Crippen LogP contribution >= 0.6 is 0 Å². The summed E-state index contributed by atoms with van der Waals surface area (Å²) in [7, 11) is 0. The van der Waals surface area contributed by atoms with Crippen molar-refractivity contribution in [3.05, 3.63) is 65.5 Å². The Hall–Kier alpha value is -1.87. The lowest BCUT2D eigenvalue weighted by Gasteiger charge is -2.16. The van der Waals surface area contributed by atoms with Gasteiger partial charge in [0.2, 0.25) is 0 Å². The molecule has 0 saturated carbocycles. The van der Waals surface area contributed by atoms with Gasteiger partial charge in [0.15, 0.2) is 11.6 Å². The zero-order valence-electron chi connectivity index (χ0n) is 12.8. The predicted molar refractivity (Wildman–Crippen MR) is 83.9 cm³/mol. The Morgan fingerprint density at radius 1 is 1.05 bits per heavy atom. The maximum Gasteiger partial charge on any atom is 0.165 e. The van der Waals surface area contributed by atoms with Gasteiger partial charge in [-0.05, 0) is 44.0 Å². The largest absolute Gasteiger partial charge is 0.488 e. The summed E-state index contributed by atoms with van der Waals surface area (Å²) in [6, 6.07) is 15.4. The standard InChI is InChI=1S/C18H22FNO/c1-13(2)21-18-10-9-16(11-17(18)19)14(3)20-12-15-7-5-4-6-8-15/h4-11,13-14,20H,12H2,1-3H3/t14-/m1/s1. The molecule has 0 saturated heterocycles. The first-order valence-corrected chi connectivity index (χ1v) is 7.29. The molecule has 1 N–H and O–H groups in total. The first kappa shape index (κ1) is 15.5. The Morgan fingerprint density at radius 2 is 1.76 bits per heavy atom. The van der Waals surface area contributed by atoms with Crippen LogP contribution in [0.25, 0.3) is 0 Å². The molecule has 2 nitrogen and oxygen atoms in total. The Kier molecular flexibility index (Phi) is 5.34. The second-order valence-corrected chi connectivity index (χ2v) is 5.44. The summed E-state index contributed by atoms with van der Waals surface area (Å²) in [6.07, 6.45) is -0.0287. The normalized spacial score (nSPS) is 12.4. The van der Waals surface area contributed by atoms with Crippen molar-refractivity contribution in [2.75, 3.05) is 0 Å². The van der Waals surface area contributed by atoms with Crippen LogP contribution < -0.4 is 10.1 Å². The third kappa shape index (κ3) is 4.57. The minimum Gasteiger partial charge on any atom is -0.488 e. The second kappa shape index (κ2) is 7.23. The average Bonchev–Trinajstić information content (AvgIpc) is 2.47. The number of nitrogens with one attached hydrogen (secondary N) is 1. The molecule has 0 aliphatic heterocycles. The van der Waals surface area contributed by atoms with E-state index in [1.165, 1.54) is 5.56 Å². The molecule has 0 bridgehead atoms. The summed E-state index contributed by atoms with van der Waals surface area (Å²) >= 11 is 0. The van der Waals surface area contributed by atoms with Crippen molar-refractivity contribution < 1.29 is 9.13 Å². The quantitative estimate of drug-likeness (QED) is 0.846. The zero-order valence-corrected chi connectivity index (χ0v) is 12.8. The fourth-order valence-electron chi connectivity index (χ4n) is 2.12. The molecule has 0 fully saturated rings. The number of halogens is 1. The first-order chi connectivity index (χ1) is 10.1. The van der Waals surface area contributed by atoms with Crippen molar-refractivity contribution in [2.24, 2.45) is 0 Å². The van der Waals surface area contributed by atoms with E-state index in [0.717, 1.165) is 12.1 Å². The maximum atomic E-state index is 14.0. The monoisotopic (exact) mass is 287 g/mol. The highest BCUT2D eigenvalue weighted by molar-refractivity contribution is 5.31. The molecule has 0 aromatic heterocycles. The molecule has 2 rings (SSSR count). The van der Waals surface area contributed by atoms with Crippen LogP contribution in [0.2, 0.25) is 0 Å². The van der Waals surface area contributed by atoms with Gasteiger partial charge in [-0.2, -0.15) is 0 Å². The van der Waals surface area contributed by atoms with Crippen LogP contribution in [0.4, 0.5) is 4.39 Å². The molecule has 0 spiro atoms. The van der Waals surface area contributed by atoms with E-state index in [9.17, 15) is 4.39 Å². The van der Waals surface area contributed by atoms with Crippen molar-refractivity contribution in [1.29, 1.82) is 0 Å². The lowest BCUT2D eigenvalue weighted by atomic mass is 10.1. The third-order valence-electron chi connectivity index (χ3n) is 3.27. The minimum absolute atomic E-state index is 0.0287. The number of hydrogen-bond donors (Lipinski definition) is 1. The van der Waals surface area contributed by atoms with Gasteiger partial charge in [0.1, 0.15) is 0 Å². The van der Waals surface area contributed by atoms with E-state index in [0.29, 0.717) is 5.75 Å². The maximum absolute atomic E-state index is 14.0. The first-order valence-electron chi connectivity index (χ1n) is 7.29. The third-order valence-corrected chi connectivity index (χ3v) is 3.27. The van der Waals surface area contributed by atoms with Gasteiger partial charge in [0.05, 0.1) is 6.10 Å². The molecule has 3 heteroatoms. The lowest BCUT2D eigenvalue weighted by Crippen LogP contribution is -2.18. The molecule has 1 atom stereocenters. The zero-order chi connectivity index (χ0) is 15.2. The molecule has 2 aromatic carbocycles. The second-order valence-electron chi connectivity index (χ2n) is 5.44. The van der Waals surface area contributed by atoms with E-state index in [1.54, 1.807) is 12.1 Å². The van der Waals surface area contributed by atoms with E-state index >= 15 is 0 Å². The molecule has 0 unspecified atom stereocenters. The molecule has 0 heterocycles. The minimum atomic E-state index is -0.311. The van der Waals surface area contributed by atoms with Crippen LogP contribution in [0.5, 0.6) is 5.75 Å². The lowest BCUT2D eigenvalue weighted by molar-refractivity contribution is 0.231. The molecule has 0 aliphatic rings. The topological polar surface area (TPSA) is 21.3 Å². The fourth-order valence-corrected chi connectivity index (χ4v) is 2.12. The summed E-state index contributed by atoms with van der Waals surface area (Å²) in [5.41, 5.74) is 2.13. The van der Waals surface area contributed by atoms with Gasteiger partial charge in [-0.25, -0.2) is 4.39 Å². The van der Waals surface area contributed by atoms with Crippen LogP contribution in [-0.2, 0) is 6.54 Å². The van der Waals surface area contributed by atoms with Crippen molar-refractivity contribution in [3.8, 4) is 5.75 Å². The molecular formula is C18H22FNO. The molecule has 0 radical (unpaired) electrons. The van der Waals surface area contributed by atoms with Crippen LogP contribution in [0.1, 0.15) is 37.9 Å². The van der Waals surface area contributed by atoms with Gasteiger partial charge < -0.3 is 10.1 Å². The number of benzene rings is 2. The Bertz CT molecular complexity index is 569.